The molecular weight excluding hydrogens is 238 g/mol. The van der Waals surface area contributed by atoms with E-state index in [1.54, 1.807) is 0 Å². The molecule has 3 unspecified atom stereocenters. The van der Waals surface area contributed by atoms with Gasteiger partial charge in [0.1, 0.15) is 0 Å². The van der Waals surface area contributed by atoms with Crippen molar-refractivity contribution in [3.63, 3.8) is 0 Å². The number of hydrogen-bond acceptors (Lipinski definition) is 2. The molecule has 3 nitrogen and oxygen atoms in total. The molecule has 3 atom stereocenters. The maximum absolute atomic E-state index is 11.2. The minimum Gasteiger partial charge on any atom is -0.481 e. The van der Waals surface area contributed by atoms with Gasteiger partial charge in [-0.15, -0.1) is 0 Å². The average molecular weight is 259 g/mol. The van der Waals surface area contributed by atoms with Gasteiger partial charge in [0.05, 0.1) is 5.41 Å². The Morgan fingerprint density at radius 2 is 2.16 bits per heavy atom. The summed E-state index contributed by atoms with van der Waals surface area (Å²) in [6.07, 6.45) is 2.04. The van der Waals surface area contributed by atoms with Crippen LogP contribution < -0.4 is 0 Å². The summed E-state index contributed by atoms with van der Waals surface area (Å²) in [7, 11) is 0. The molecule has 1 aromatic carbocycles. The van der Waals surface area contributed by atoms with Gasteiger partial charge in [-0.2, -0.15) is 0 Å². The minimum atomic E-state index is -0.648. The predicted molar refractivity (Wildman–Crippen MR) is 74.1 cm³/mol. The summed E-state index contributed by atoms with van der Waals surface area (Å²) in [5.74, 6) is 0.766. The van der Waals surface area contributed by atoms with E-state index in [4.69, 9.17) is 0 Å². The first-order valence-corrected chi connectivity index (χ1v) is 7.09. The van der Waals surface area contributed by atoms with Gasteiger partial charge >= 0.3 is 5.97 Å². The monoisotopic (exact) mass is 259 g/mol. The number of carboxylic acid groups (broad SMARTS) is 1. The molecule has 1 aliphatic heterocycles. The number of hydrogen-bond donors (Lipinski definition) is 1. The van der Waals surface area contributed by atoms with E-state index in [9.17, 15) is 9.90 Å². The summed E-state index contributed by atoms with van der Waals surface area (Å²) in [5.41, 5.74) is 0.907. The Bertz CT molecular complexity index is 473. The lowest BCUT2D eigenvalue weighted by Gasteiger charge is -2.20. The van der Waals surface area contributed by atoms with Crippen LogP contribution >= 0.6 is 0 Å². The minimum absolute atomic E-state index is 0.531. The highest BCUT2D eigenvalue weighted by Gasteiger charge is 2.44. The lowest BCUT2D eigenvalue weighted by atomic mass is 9.90. The van der Waals surface area contributed by atoms with Gasteiger partial charge in [0.15, 0.2) is 0 Å². The van der Waals surface area contributed by atoms with Crippen LogP contribution in [0.1, 0.15) is 31.2 Å². The number of carbonyl (C=O) groups is 1. The second-order valence-corrected chi connectivity index (χ2v) is 6.36. The summed E-state index contributed by atoms with van der Waals surface area (Å²) in [6.45, 7) is 4.57. The summed E-state index contributed by atoms with van der Waals surface area (Å²) in [4.78, 5) is 13.6. The molecule has 0 radical (unpaired) electrons. The fourth-order valence-electron chi connectivity index (χ4n) is 3.28. The first kappa shape index (κ1) is 12.7. The Kier molecular flexibility index (Phi) is 3.09. The Hall–Kier alpha value is -1.35. The molecule has 1 saturated heterocycles. The summed E-state index contributed by atoms with van der Waals surface area (Å²) >= 11 is 0. The molecule has 19 heavy (non-hydrogen) atoms. The first-order chi connectivity index (χ1) is 9.08. The zero-order chi connectivity index (χ0) is 13.5. The molecular formula is C16H21NO2. The lowest BCUT2D eigenvalue weighted by molar-refractivity contribution is -0.147. The fraction of sp³-hybridized carbons (Fsp3) is 0.562. The topological polar surface area (TPSA) is 40.5 Å². The molecule has 102 valence electrons. The zero-order valence-corrected chi connectivity index (χ0v) is 11.4. The van der Waals surface area contributed by atoms with Crippen LogP contribution in [0.25, 0.3) is 0 Å². The highest BCUT2D eigenvalue weighted by molar-refractivity contribution is 5.74. The normalized spacial score (nSPS) is 34.4. The number of aliphatic carboxylic acids is 1. The molecule has 0 aromatic heterocycles. The number of rotatable bonds is 4. The summed E-state index contributed by atoms with van der Waals surface area (Å²) < 4.78 is 0. The van der Waals surface area contributed by atoms with Gasteiger partial charge < -0.3 is 10.0 Å². The molecule has 1 aromatic rings. The molecule has 2 fully saturated rings. The first-order valence-electron chi connectivity index (χ1n) is 7.09. The largest absolute Gasteiger partial charge is 0.481 e. The van der Waals surface area contributed by atoms with Gasteiger partial charge in [-0.1, -0.05) is 30.3 Å². The Morgan fingerprint density at radius 3 is 2.79 bits per heavy atom. The van der Waals surface area contributed by atoms with Crippen LogP contribution in [0.5, 0.6) is 0 Å². The lowest BCUT2D eigenvalue weighted by Crippen LogP contribution is -2.32. The highest BCUT2D eigenvalue weighted by Crippen LogP contribution is 2.48. The second-order valence-electron chi connectivity index (χ2n) is 6.36. The van der Waals surface area contributed by atoms with Crippen LogP contribution in [-0.4, -0.2) is 35.6 Å². The van der Waals surface area contributed by atoms with Crippen LogP contribution in [0.3, 0.4) is 0 Å². The van der Waals surface area contributed by atoms with Gasteiger partial charge in [0.2, 0.25) is 0 Å². The van der Waals surface area contributed by atoms with Crippen molar-refractivity contribution < 1.29 is 9.90 Å². The molecule has 1 N–H and O–H groups in total. The van der Waals surface area contributed by atoms with Crippen molar-refractivity contribution in [3.8, 4) is 0 Å². The molecule has 3 rings (SSSR count). The van der Waals surface area contributed by atoms with Crippen LogP contribution in [0.4, 0.5) is 0 Å². The molecule has 0 bridgehead atoms. The summed E-state index contributed by atoms with van der Waals surface area (Å²) in [5, 5.41) is 9.24. The van der Waals surface area contributed by atoms with Crippen molar-refractivity contribution in [3.05, 3.63) is 35.9 Å². The zero-order valence-electron chi connectivity index (χ0n) is 11.4. The van der Waals surface area contributed by atoms with Gasteiger partial charge in [0.25, 0.3) is 0 Å². The van der Waals surface area contributed by atoms with Crippen LogP contribution in [0.15, 0.2) is 30.3 Å². The van der Waals surface area contributed by atoms with Crippen molar-refractivity contribution in [2.75, 3.05) is 19.6 Å². The number of nitrogens with zero attached hydrogens (tertiary/aromatic N) is 1. The van der Waals surface area contributed by atoms with E-state index in [-0.39, 0.29) is 0 Å². The van der Waals surface area contributed by atoms with Crippen LogP contribution in [0, 0.1) is 11.3 Å². The van der Waals surface area contributed by atoms with Crippen molar-refractivity contribution in [2.45, 2.75) is 25.7 Å². The molecule has 0 amide bonds. The van der Waals surface area contributed by atoms with E-state index in [0.717, 1.165) is 25.4 Å². The van der Waals surface area contributed by atoms with E-state index >= 15 is 0 Å². The van der Waals surface area contributed by atoms with E-state index < -0.39 is 11.4 Å². The Labute approximate surface area is 114 Å². The third-order valence-corrected chi connectivity index (χ3v) is 4.71. The van der Waals surface area contributed by atoms with Crippen molar-refractivity contribution in [2.24, 2.45) is 11.3 Å². The van der Waals surface area contributed by atoms with E-state index in [2.05, 4.69) is 35.2 Å². The van der Waals surface area contributed by atoms with Crippen molar-refractivity contribution >= 4 is 5.97 Å². The molecule has 3 heteroatoms. The van der Waals surface area contributed by atoms with E-state index in [1.165, 1.54) is 12.0 Å². The Balaban J connectivity index is 1.54. The Morgan fingerprint density at radius 1 is 1.42 bits per heavy atom. The van der Waals surface area contributed by atoms with Gasteiger partial charge in [-0.3, -0.25) is 4.79 Å². The number of carboxylic acids is 1. The number of benzene rings is 1. The molecule has 0 spiro atoms. The molecule has 1 saturated carbocycles. The van der Waals surface area contributed by atoms with Crippen LogP contribution in [-0.2, 0) is 4.79 Å². The smallest absolute Gasteiger partial charge is 0.310 e. The maximum atomic E-state index is 11.2. The molecule has 2 aliphatic rings. The third-order valence-electron chi connectivity index (χ3n) is 4.71. The van der Waals surface area contributed by atoms with E-state index in [0.29, 0.717) is 12.5 Å². The van der Waals surface area contributed by atoms with Gasteiger partial charge in [-0.25, -0.2) is 0 Å². The summed E-state index contributed by atoms with van der Waals surface area (Å²) in [6, 6.07) is 10.7. The van der Waals surface area contributed by atoms with Crippen LogP contribution in [0.2, 0.25) is 0 Å². The molecule has 1 heterocycles. The van der Waals surface area contributed by atoms with Crippen molar-refractivity contribution in [1.29, 1.82) is 0 Å². The van der Waals surface area contributed by atoms with Crippen molar-refractivity contribution in [1.82, 2.24) is 4.90 Å². The number of likely N-dealkylation sites (tertiary alicyclic amines) is 1. The highest BCUT2D eigenvalue weighted by atomic mass is 16.4. The third kappa shape index (κ3) is 2.52. The van der Waals surface area contributed by atoms with Gasteiger partial charge in [-0.05, 0) is 43.7 Å². The fourth-order valence-corrected chi connectivity index (χ4v) is 3.28. The average Bonchev–Trinajstić information content (AvgIpc) is 3.06. The van der Waals surface area contributed by atoms with E-state index in [1.807, 2.05) is 6.92 Å². The SMILES string of the molecule is CC1(C(=O)O)CCN(CC2CC2c2ccccc2)C1. The standard InChI is InChI=1S/C16H21NO2/c1-16(15(18)19)7-8-17(11-16)10-13-9-14(13)12-5-3-2-4-6-12/h2-6,13-14H,7-11H2,1H3,(H,18,19). The maximum Gasteiger partial charge on any atom is 0.310 e. The second kappa shape index (κ2) is 4.64. The predicted octanol–water partition coefficient (Wildman–Crippen LogP) is 2.59. The quantitative estimate of drug-likeness (QED) is 0.903. The molecule has 1 aliphatic carbocycles. The van der Waals surface area contributed by atoms with Gasteiger partial charge in [0, 0.05) is 13.1 Å².